The zero-order valence-electron chi connectivity index (χ0n) is 19.6. The largest absolute Gasteiger partial charge is 0.495 e. The Labute approximate surface area is 218 Å². The van der Waals surface area contributed by atoms with Crippen molar-refractivity contribution in [3.05, 3.63) is 76.3 Å². The lowest BCUT2D eigenvalue weighted by Gasteiger charge is -2.16. The van der Waals surface area contributed by atoms with Gasteiger partial charge in [0.25, 0.3) is 10.0 Å². The van der Waals surface area contributed by atoms with Crippen LogP contribution >= 0.6 is 23.2 Å². The number of fused-ring (bicyclic) bond motifs is 1. The Kier molecular flexibility index (Phi) is 7.26. The number of anilines is 3. The molecule has 0 saturated heterocycles. The highest BCUT2D eigenvalue weighted by molar-refractivity contribution is 7.95. The van der Waals surface area contributed by atoms with Crippen LogP contribution in [0.5, 0.6) is 11.5 Å². The molecule has 186 valence electrons. The second-order valence-electron chi connectivity index (χ2n) is 7.69. The summed E-state index contributed by atoms with van der Waals surface area (Å²) in [5.74, 6) is 1.16. The lowest BCUT2D eigenvalue weighted by molar-refractivity contribution is 0.395. The highest BCUT2D eigenvalue weighted by Gasteiger charge is 2.19. The van der Waals surface area contributed by atoms with E-state index in [9.17, 15) is 8.42 Å². The van der Waals surface area contributed by atoms with Crippen LogP contribution in [-0.4, -0.2) is 32.6 Å². The zero-order valence-corrected chi connectivity index (χ0v) is 21.9. The van der Waals surface area contributed by atoms with Gasteiger partial charge in [-0.2, -0.15) is 0 Å². The molecule has 4 aromatic rings. The average molecular weight is 545 g/mol. The molecule has 0 fully saturated rings. The molecule has 0 aliphatic heterocycles. The normalized spacial score (nSPS) is 11.2. The van der Waals surface area contributed by atoms with Crippen LogP contribution in [-0.2, 0) is 10.0 Å². The summed E-state index contributed by atoms with van der Waals surface area (Å²) in [5.41, 5.74) is 3.64. The van der Waals surface area contributed by atoms with Crippen molar-refractivity contribution in [2.24, 2.45) is 0 Å². The molecular weight excluding hydrogens is 523 g/mol. The molecule has 0 aliphatic rings. The van der Waals surface area contributed by atoms with Gasteiger partial charge in [0.15, 0.2) is 0 Å². The van der Waals surface area contributed by atoms with Gasteiger partial charge in [-0.15, -0.1) is 0 Å². The molecule has 0 atom stereocenters. The SMILES string of the molecule is C=CS(=O)(=O)Nc1cccc(C)c1Nc1ncc2cc(-c3c(Cl)c(OC)cc(OC)c3Cl)ccc2n1. The molecule has 1 aromatic heterocycles. The number of ether oxygens (including phenoxy) is 2. The number of hydrogen-bond donors (Lipinski definition) is 2. The zero-order chi connectivity index (χ0) is 26.0. The van der Waals surface area contributed by atoms with E-state index in [4.69, 9.17) is 32.7 Å². The first-order chi connectivity index (χ1) is 17.2. The lowest BCUT2D eigenvalue weighted by atomic mass is 10.0. The lowest BCUT2D eigenvalue weighted by Crippen LogP contribution is -2.11. The fourth-order valence-corrected chi connectivity index (χ4v) is 4.89. The molecule has 0 unspecified atom stereocenters. The first kappa shape index (κ1) is 25.6. The Bertz CT molecular complexity index is 1570. The van der Waals surface area contributed by atoms with E-state index in [0.29, 0.717) is 49.9 Å². The summed E-state index contributed by atoms with van der Waals surface area (Å²) in [6.07, 6.45) is 1.65. The van der Waals surface area contributed by atoms with Gasteiger partial charge in [-0.1, -0.05) is 48.0 Å². The topological polar surface area (TPSA) is 102 Å². The summed E-state index contributed by atoms with van der Waals surface area (Å²) in [6, 6.07) is 12.4. The Morgan fingerprint density at radius 2 is 1.72 bits per heavy atom. The van der Waals surface area contributed by atoms with Gasteiger partial charge in [0.2, 0.25) is 5.95 Å². The Morgan fingerprint density at radius 3 is 2.36 bits per heavy atom. The predicted octanol–water partition coefficient (Wildman–Crippen LogP) is 6.56. The maximum Gasteiger partial charge on any atom is 0.254 e. The number of benzene rings is 3. The second-order valence-corrected chi connectivity index (χ2v) is 10.1. The summed E-state index contributed by atoms with van der Waals surface area (Å²) < 4.78 is 37.2. The molecule has 11 heteroatoms. The second kappa shape index (κ2) is 10.2. The highest BCUT2D eigenvalue weighted by Crippen LogP contribution is 2.46. The van der Waals surface area contributed by atoms with Crippen molar-refractivity contribution in [3.8, 4) is 22.6 Å². The number of nitrogens with zero attached hydrogens (tertiary/aromatic N) is 2. The van der Waals surface area contributed by atoms with E-state index < -0.39 is 10.0 Å². The summed E-state index contributed by atoms with van der Waals surface area (Å²) in [4.78, 5) is 8.99. The maximum absolute atomic E-state index is 12.0. The van der Waals surface area contributed by atoms with Crippen LogP contribution in [0.1, 0.15) is 5.56 Å². The van der Waals surface area contributed by atoms with Crippen LogP contribution in [0.15, 0.2) is 60.6 Å². The molecule has 3 aromatic carbocycles. The molecule has 0 bridgehead atoms. The first-order valence-corrected chi connectivity index (χ1v) is 12.9. The monoisotopic (exact) mass is 544 g/mol. The fourth-order valence-electron chi connectivity index (χ4n) is 3.61. The number of nitrogens with one attached hydrogen (secondary N) is 2. The number of hydrogen-bond acceptors (Lipinski definition) is 7. The molecule has 0 spiro atoms. The van der Waals surface area contributed by atoms with Crippen molar-refractivity contribution >= 4 is 61.5 Å². The average Bonchev–Trinajstić information content (AvgIpc) is 2.86. The van der Waals surface area contributed by atoms with E-state index in [0.717, 1.165) is 21.9 Å². The van der Waals surface area contributed by atoms with Crippen LogP contribution in [0.2, 0.25) is 10.0 Å². The minimum Gasteiger partial charge on any atom is -0.495 e. The van der Waals surface area contributed by atoms with Crippen molar-refractivity contribution < 1.29 is 17.9 Å². The number of aryl methyl sites for hydroxylation is 1. The summed E-state index contributed by atoms with van der Waals surface area (Å²) >= 11 is 13.1. The van der Waals surface area contributed by atoms with Crippen molar-refractivity contribution in [2.45, 2.75) is 6.92 Å². The van der Waals surface area contributed by atoms with E-state index in [2.05, 4.69) is 26.6 Å². The van der Waals surface area contributed by atoms with Gasteiger partial charge in [-0.05, 0) is 36.2 Å². The van der Waals surface area contributed by atoms with E-state index in [1.807, 2.05) is 31.2 Å². The number of para-hydroxylation sites is 1. The Hall–Kier alpha value is -3.53. The molecule has 4 rings (SSSR count). The smallest absolute Gasteiger partial charge is 0.254 e. The molecule has 2 N–H and O–H groups in total. The van der Waals surface area contributed by atoms with Gasteiger partial charge in [0, 0.05) is 28.6 Å². The minimum absolute atomic E-state index is 0.294. The van der Waals surface area contributed by atoms with Crippen molar-refractivity contribution in [3.63, 3.8) is 0 Å². The molecule has 0 aliphatic carbocycles. The van der Waals surface area contributed by atoms with Crippen LogP contribution < -0.4 is 19.5 Å². The summed E-state index contributed by atoms with van der Waals surface area (Å²) in [7, 11) is -0.659. The van der Waals surface area contributed by atoms with Crippen molar-refractivity contribution in [1.82, 2.24) is 9.97 Å². The standard InChI is InChI=1S/C25H22Cl2N4O4S/c1-5-36(32,33)31-18-8-6-7-14(2)24(18)30-25-28-13-16-11-15(9-10-17(16)29-25)21-22(26)19(34-3)12-20(35-4)23(21)27/h5-13,31H,1H2,2-4H3,(H,28,29,30). The Morgan fingerprint density at radius 1 is 1.03 bits per heavy atom. The third kappa shape index (κ3) is 5.04. The molecule has 0 radical (unpaired) electrons. The van der Waals surface area contributed by atoms with Gasteiger partial charge in [-0.3, -0.25) is 4.72 Å². The van der Waals surface area contributed by atoms with Crippen LogP contribution in [0.25, 0.3) is 22.0 Å². The number of rotatable bonds is 8. The molecule has 8 nitrogen and oxygen atoms in total. The van der Waals surface area contributed by atoms with Gasteiger partial charge < -0.3 is 14.8 Å². The number of halogens is 2. The van der Waals surface area contributed by atoms with E-state index in [1.165, 1.54) is 14.2 Å². The van der Waals surface area contributed by atoms with Gasteiger partial charge in [0.05, 0.1) is 41.2 Å². The minimum atomic E-state index is -3.69. The van der Waals surface area contributed by atoms with Crippen molar-refractivity contribution in [1.29, 1.82) is 0 Å². The van der Waals surface area contributed by atoms with E-state index >= 15 is 0 Å². The first-order valence-electron chi connectivity index (χ1n) is 10.6. The predicted molar refractivity (Wildman–Crippen MR) is 145 cm³/mol. The summed E-state index contributed by atoms with van der Waals surface area (Å²) in [5, 5.41) is 5.42. The highest BCUT2D eigenvalue weighted by atomic mass is 35.5. The van der Waals surface area contributed by atoms with Crippen LogP contribution in [0.3, 0.4) is 0 Å². The van der Waals surface area contributed by atoms with Gasteiger partial charge in [0.1, 0.15) is 11.5 Å². The molecule has 36 heavy (non-hydrogen) atoms. The molecule has 0 saturated carbocycles. The quantitative estimate of drug-likeness (QED) is 0.259. The van der Waals surface area contributed by atoms with Gasteiger partial charge in [-0.25, -0.2) is 18.4 Å². The third-order valence-corrected chi connectivity index (χ3v) is 7.12. The number of methoxy groups -OCH3 is 2. The number of sulfonamides is 1. The molecule has 0 amide bonds. The van der Waals surface area contributed by atoms with Crippen LogP contribution in [0.4, 0.5) is 17.3 Å². The summed E-state index contributed by atoms with van der Waals surface area (Å²) in [6.45, 7) is 5.18. The van der Waals surface area contributed by atoms with Crippen LogP contribution in [0, 0.1) is 6.92 Å². The third-order valence-electron chi connectivity index (χ3n) is 5.42. The Balaban J connectivity index is 1.73. The molecule has 1 heterocycles. The number of aromatic nitrogens is 2. The fraction of sp³-hybridized carbons (Fsp3) is 0.120. The van der Waals surface area contributed by atoms with E-state index in [-0.39, 0.29) is 0 Å². The molecular formula is C25H22Cl2N4O4S. The maximum atomic E-state index is 12.0. The van der Waals surface area contributed by atoms with Crippen molar-refractivity contribution in [2.75, 3.05) is 24.3 Å². The van der Waals surface area contributed by atoms with Gasteiger partial charge >= 0.3 is 0 Å². The van der Waals surface area contributed by atoms with E-state index in [1.54, 1.807) is 24.4 Å².